The Bertz CT molecular complexity index is 324. The summed E-state index contributed by atoms with van der Waals surface area (Å²) in [6, 6.07) is 0. The molecule has 0 spiro atoms. The zero-order chi connectivity index (χ0) is 11.9. The van der Waals surface area contributed by atoms with Crippen LogP contribution >= 0.6 is 0 Å². The molecular formula is C12H17FO3. The minimum absolute atomic E-state index is 0.0444. The molecule has 90 valence electrons. The number of carbonyl (C=O) groups excluding carboxylic acids is 1. The van der Waals surface area contributed by atoms with Gasteiger partial charge in [0.25, 0.3) is 0 Å². The van der Waals surface area contributed by atoms with Crippen molar-refractivity contribution in [1.82, 2.24) is 0 Å². The quantitative estimate of drug-likeness (QED) is 0.592. The average molecular weight is 228 g/mol. The molecule has 2 aliphatic rings. The Labute approximate surface area is 94.3 Å². The van der Waals surface area contributed by atoms with Crippen molar-refractivity contribution in [3.63, 3.8) is 0 Å². The van der Waals surface area contributed by atoms with Crippen LogP contribution in [0.3, 0.4) is 0 Å². The van der Waals surface area contributed by atoms with Gasteiger partial charge in [0, 0.05) is 23.8 Å². The van der Waals surface area contributed by atoms with Gasteiger partial charge in [-0.3, -0.25) is 0 Å². The van der Waals surface area contributed by atoms with Crippen molar-refractivity contribution in [2.24, 2.45) is 17.8 Å². The van der Waals surface area contributed by atoms with E-state index in [2.05, 4.69) is 6.58 Å². The fraction of sp³-hybridized carbons (Fsp3) is 0.750. The lowest BCUT2D eigenvalue weighted by molar-refractivity contribution is -0.159. The van der Waals surface area contributed by atoms with Gasteiger partial charge in [-0.25, -0.2) is 9.18 Å². The third-order valence-corrected chi connectivity index (χ3v) is 3.71. The van der Waals surface area contributed by atoms with Crippen LogP contribution in [0.5, 0.6) is 0 Å². The molecule has 0 amide bonds. The van der Waals surface area contributed by atoms with Crippen molar-refractivity contribution < 1.29 is 19.0 Å². The molecule has 16 heavy (non-hydrogen) atoms. The largest absolute Gasteiger partial charge is 0.462 e. The minimum Gasteiger partial charge on any atom is -0.462 e. The molecule has 0 saturated heterocycles. The van der Waals surface area contributed by atoms with Gasteiger partial charge in [-0.2, -0.15) is 0 Å². The van der Waals surface area contributed by atoms with Crippen LogP contribution in [0, 0.1) is 17.8 Å². The van der Waals surface area contributed by atoms with Gasteiger partial charge < -0.3 is 9.84 Å². The molecule has 0 aliphatic heterocycles. The van der Waals surface area contributed by atoms with Crippen LogP contribution in [-0.4, -0.2) is 23.5 Å². The van der Waals surface area contributed by atoms with E-state index < -0.39 is 11.8 Å². The molecule has 1 N–H and O–H groups in total. The van der Waals surface area contributed by atoms with Crippen molar-refractivity contribution in [2.45, 2.75) is 32.0 Å². The highest BCUT2D eigenvalue weighted by molar-refractivity contribution is 5.86. The summed E-state index contributed by atoms with van der Waals surface area (Å²) in [5.74, 6) is -2.66. The van der Waals surface area contributed by atoms with Crippen LogP contribution in [-0.2, 0) is 9.53 Å². The highest BCUT2D eigenvalue weighted by atomic mass is 19.2. The third-order valence-electron chi connectivity index (χ3n) is 3.71. The smallest absolute Gasteiger partial charge is 0.333 e. The fourth-order valence-electron chi connectivity index (χ4n) is 2.99. The molecule has 0 aromatic rings. The Morgan fingerprint density at radius 3 is 2.81 bits per heavy atom. The lowest BCUT2D eigenvalue weighted by Gasteiger charge is -2.30. The predicted octanol–water partition coefficient (Wildman–Crippen LogP) is 1.81. The van der Waals surface area contributed by atoms with Crippen LogP contribution in [0.2, 0.25) is 0 Å². The second-order valence-electron chi connectivity index (χ2n) is 5.11. The van der Waals surface area contributed by atoms with Gasteiger partial charge in [-0.1, -0.05) is 6.58 Å². The van der Waals surface area contributed by atoms with E-state index in [9.17, 15) is 14.3 Å². The molecular weight excluding hydrogens is 211 g/mol. The normalized spacial score (nSPS) is 41.1. The summed E-state index contributed by atoms with van der Waals surface area (Å²) in [5.41, 5.74) is 0.346. The van der Waals surface area contributed by atoms with E-state index in [-0.39, 0.29) is 30.8 Å². The maximum atomic E-state index is 13.6. The maximum Gasteiger partial charge on any atom is 0.333 e. The van der Waals surface area contributed by atoms with Crippen LogP contribution in [0.25, 0.3) is 0 Å². The van der Waals surface area contributed by atoms with Gasteiger partial charge in [0.2, 0.25) is 5.85 Å². The van der Waals surface area contributed by atoms with Crippen LogP contribution < -0.4 is 0 Å². The zero-order valence-corrected chi connectivity index (χ0v) is 9.41. The number of alkyl halides is 1. The minimum atomic E-state index is -2.05. The van der Waals surface area contributed by atoms with Gasteiger partial charge in [0.05, 0.1) is 6.61 Å². The van der Waals surface area contributed by atoms with Gasteiger partial charge in [-0.05, 0) is 25.7 Å². The van der Waals surface area contributed by atoms with Crippen molar-refractivity contribution in [1.29, 1.82) is 0 Å². The van der Waals surface area contributed by atoms with Gasteiger partial charge in [-0.15, -0.1) is 0 Å². The Hall–Kier alpha value is -0.900. The van der Waals surface area contributed by atoms with E-state index in [1.165, 1.54) is 0 Å². The van der Waals surface area contributed by atoms with Crippen molar-refractivity contribution in [2.75, 3.05) is 6.61 Å². The van der Waals surface area contributed by atoms with Crippen LogP contribution in [0.15, 0.2) is 12.2 Å². The summed E-state index contributed by atoms with van der Waals surface area (Å²) in [7, 11) is 0. The first kappa shape index (κ1) is 11.6. The Morgan fingerprint density at radius 2 is 2.31 bits per heavy atom. The monoisotopic (exact) mass is 228 g/mol. The molecule has 0 heterocycles. The van der Waals surface area contributed by atoms with E-state index in [4.69, 9.17) is 4.74 Å². The number of rotatable bonds is 3. The summed E-state index contributed by atoms with van der Waals surface area (Å²) >= 11 is 0. The lowest BCUT2D eigenvalue weighted by Crippen LogP contribution is -2.37. The molecule has 0 aromatic heterocycles. The topological polar surface area (TPSA) is 46.5 Å². The second-order valence-corrected chi connectivity index (χ2v) is 5.11. The van der Waals surface area contributed by atoms with E-state index >= 15 is 0 Å². The van der Waals surface area contributed by atoms with Gasteiger partial charge in [0.1, 0.15) is 0 Å². The SMILES string of the molecule is C=C(C)C(=O)OCC1CC2C[C@@H]1C(O)(F)C2. The summed E-state index contributed by atoms with van der Waals surface area (Å²) in [6.07, 6.45) is 1.80. The van der Waals surface area contributed by atoms with E-state index in [1.54, 1.807) is 6.92 Å². The highest BCUT2D eigenvalue weighted by Gasteiger charge is 2.55. The number of hydrogen-bond donors (Lipinski definition) is 1. The summed E-state index contributed by atoms with van der Waals surface area (Å²) < 4.78 is 18.7. The number of ether oxygens (including phenoxy) is 1. The number of esters is 1. The summed E-state index contributed by atoms with van der Waals surface area (Å²) in [5, 5.41) is 9.50. The number of aliphatic hydroxyl groups is 1. The average Bonchev–Trinajstić information content (AvgIpc) is 2.68. The number of hydrogen-bond acceptors (Lipinski definition) is 3. The third kappa shape index (κ3) is 1.98. The number of carbonyl (C=O) groups is 1. The first-order valence-electron chi connectivity index (χ1n) is 5.64. The number of fused-ring (bicyclic) bond motifs is 2. The summed E-state index contributed by atoms with van der Waals surface area (Å²) in [6.45, 7) is 5.25. The van der Waals surface area contributed by atoms with Crippen LogP contribution in [0.4, 0.5) is 4.39 Å². The first-order chi connectivity index (χ1) is 7.40. The van der Waals surface area contributed by atoms with E-state index in [0.29, 0.717) is 12.0 Å². The second kappa shape index (κ2) is 3.84. The molecule has 2 saturated carbocycles. The molecule has 4 heteroatoms. The fourth-order valence-corrected chi connectivity index (χ4v) is 2.99. The van der Waals surface area contributed by atoms with Crippen molar-refractivity contribution in [3.8, 4) is 0 Å². The van der Waals surface area contributed by atoms with Gasteiger partial charge in [0.15, 0.2) is 0 Å². The standard InChI is InChI=1S/C12H17FO3/c1-7(2)11(14)16-6-9-3-8-4-10(9)12(13,15)5-8/h8-10,15H,1,3-6H2,2H3/t8?,9?,10-,12?/m0/s1. The summed E-state index contributed by atoms with van der Waals surface area (Å²) in [4.78, 5) is 11.2. The predicted molar refractivity (Wildman–Crippen MR) is 56.2 cm³/mol. The Morgan fingerprint density at radius 1 is 1.62 bits per heavy atom. The lowest BCUT2D eigenvalue weighted by atomic mass is 9.86. The molecule has 0 aromatic carbocycles. The molecule has 4 atom stereocenters. The molecule has 2 fully saturated rings. The Kier molecular flexibility index (Phi) is 2.78. The number of halogens is 1. The van der Waals surface area contributed by atoms with E-state index in [1.807, 2.05) is 0 Å². The van der Waals surface area contributed by atoms with Gasteiger partial charge >= 0.3 is 5.97 Å². The molecule has 3 unspecified atom stereocenters. The van der Waals surface area contributed by atoms with Crippen molar-refractivity contribution in [3.05, 3.63) is 12.2 Å². The first-order valence-corrected chi connectivity index (χ1v) is 5.64. The molecule has 0 radical (unpaired) electrons. The molecule has 3 nitrogen and oxygen atoms in total. The zero-order valence-electron chi connectivity index (χ0n) is 9.41. The molecule has 2 aliphatic carbocycles. The van der Waals surface area contributed by atoms with Crippen LogP contribution in [0.1, 0.15) is 26.2 Å². The maximum absolute atomic E-state index is 13.6. The Balaban J connectivity index is 1.89. The molecule has 2 rings (SSSR count). The molecule has 2 bridgehead atoms. The van der Waals surface area contributed by atoms with Crippen molar-refractivity contribution >= 4 is 5.97 Å². The van der Waals surface area contributed by atoms with E-state index in [0.717, 1.165) is 6.42 Å². The highest BCUT2D eigenvalue weighted by Crippen LogP contribution is 2.54.